The van der Waals surface area contributed by atoms with Crippen LogP contribution in [0.3, 0.4) is 0 Å². The maximum Gasteiger partial charge on any atom is 0.0434 e. The third-order valence-corrected chi connectivity index (χ3v) is 4.15. The van der Waals surface area contributed by atoms with Gasteiger partial charge in [0, 0.05) is 25.0 Å². The van der Waals surface area contributed by atoms with Gasteiger partial charge in [0.15, 0.2) is 0 Å². The van der Waals surface area contributed by atoms with Gasteiger partial charge in [0.2, 0.25) is 0 Å². The van der Waals surface area contributed by atoms with Crippen molar-refractivity contribution < 1.29 is 0 Å². The fourth-order valence-corrected chi connectivity index (χ4v) is 3.25. The van der Waals surface area contributed by atoms with Crippen molar-refractivity contribution in [2.45, 2.75) is 0 Å². The Labute approximate surface area is 94.0 Å². The van der Waals surface area contributed by atoms with Crippen LogP contribution < -0.4 is 0 Å². The summed E-state index contributed by atoms with van der Waals surface area (Å²) in [6.45, 7) is 0. The molecule has 0 nitrogen and oxygen atoms in total. The van der Waals surface area contributed by atoms with E-state index in [1.165, 1.54) is 15.6 Å². The van der Waals surface area contributed by atoms with Gasteiger partial charge in [0.05, 0.1) is 0 Å². The highest BCUT2D eigenvalue weighted by molar-refractivity contribution is 9.10. The molecule has 1 aromatic carbocycles. The molecule has 0 atom stereocenters. The Morgan fingerprint density at radius 3 is 2.77 bits per heavy atom. The highest BCUT2D eigenvalue weighted by Crippen LogP contribution is 2.36. The Kier molecular flexibility index (Phi) is 2.72. The maximum absolute atomic E-state index is 5.54. The summed E-state index contributed by atoms with van der Waals surface area (Å²) in [5.74, 6) is 0. The molecule has 0 fully saturated rings. The second-order valence-corrected chi connectivity index (χ2v) is 4.70. The van der Waals surface area contributed by atoms with E-state index in [1.807, 2.05) is 18.2 Å². The van der Waals surface area contributed by atoms with E-state index in [4.69, 9.17) is 11.6 Å². The summed E-state index contributed by atoms with van der Waals surface area (Å²) in [6.07, 6.45) is 1.90. The van der Waals surface area contributed by atoms with Crippen LogP contribution in [0.25, 0.3) is 16.2 Å². The molecule has 66 valence electrons. The molecule has 13 heavy (non-hydrogen) atoms. The summed E-state index contributed by atoms with van der Waals surface area (Å²) in [5.41, 5.74) is 1.54. The van der Waals surface area contributed by atoms with E-state index < -0.39 is 0 Å². The maximum atomic E-state index is 5.54. The lowest BCUT2D eigenvalue weighted by Crippen LogP contribution is -1.63. The molecule has 0 N–H and O–H groups in total. The molecule has 3 heteroatoms. The molecular weight excluding hydrogens is 268 g/mol. The van der Waals surface area contributed by atoms with Gasteiger partial charge in [-0.2, -0.15) is 0 Å². The number of hydrogen-bond donors (Lipinski definition) is 0. The van der Waals surface area contributed by atoms with Crippen molar-refractivity contribution in [2.75, 3.05) is 0 Å². The highest BCUT2D eigenvalue weighted by Gasteiger charge is 2.05. The first kappa shape index (κ1) is 9.25. The van der Waals surface area contributed by atoms with E-state index in [0.717, 1.165) is 9.35 Å². The molecule has 0 radical (unpaired) electrons. The van der Waals surface area contributed by atoms with Crippen molar-refractivity contribution in [2.24, 2.45) is 0 Å². The van der Waals surface area contributed by atoms with E-state index in [2.05, 4.69) is 28.1 Å². The number of hydrogen-bond acceptors (Lipinski definition) is 1. The molecule has 0 spiro atoms. The Morgan fingerprint density at radius 1 is 1.31 bits per heavy atom. The number of rotatable bonds is 1. The minimum absolute atomic E-state index is 1.13. The van der Waals surface area contributed by atoms with Crippen molar-refractivity contribution in [1.82, 2.24) is 0 Å². The molecule has 0 saturated carbocycles. The van der Waals surface area contributed by atoms with Crippen LogP contribution in [0.5, 0.6) is 0 Å². The SMILES string of the molecule is Cl/C=C/c1sc2ccccc2c1Br. The summed E-state index contributed by atoms with van der Waals surface area (Å²) >= 11 is 10.8. The zero-order valence-corrected chi connectivity index (χ0v) is 9.79. The molecule has 0 unspecified atom stereocenters. The molecule has 0 aliphatic heterocycles. The molecule has 0 aliphatic carbocycles. The topological polar surface area (TPSA) is 0 Å². The third-order valence-electron chi connectivity index (χ3n) is 1.77. The van der Waals surface area contributed by atoms with Gasteiger partial charge in [-0.05, 0) is 28.1 Å². The van der Waals surface area contributed by atoms with Gasteiger partial charge < -0.3 is 0 Å². The number of thiophene rings is 1. The minimum Gasteiger partial charge on any atom is -0.135 e. The van der Waals surface area contributed by atoms with E-state index in [1.54, 1.807) is 11.3 Å². The predicted octanol–water partition coefficient (Wildman–Crippen LogP) is 4.87. The van der Waals surface area contributed by atoms with Crippen LogP contribution in [0.15, 0.2) is 34.3 Å². The largest absolute Gasteiger partial charge is 0.135 e. The Balaban J connectivity index is 2.73. The van der Waals surface area contributed by atoms with Gasteiger partial charge in [0.1, 0.15) is 0 Å². The fourth-order valence-electron chi connectivity index (χ4n) is 1.20. The first-order chi connectivity index (χ1) is 6.33. The van der Waals surface area contributed by atoms with Crippen LogP contribution in [0.2, 0.25) is 0 Å². The van der Waals surface area contributed by atoms with Crippen LogP contribution in [0.1, 0.15) is 4.88 Å². The van der Waals surface area contributed by atoms with Gasteiger partial charge in [-0.25, -0.2) is 0 Å². The van der Waals surface area contributed by atoms with E-state index in [9.17, 15) is 0 Å². The summed E-state index contributed by atoms with van der Waals surface area (Å²) in [4.78, 5) is 1.16. The fraction of sp³-hybridized carbons (Fsp3) is 0. The molecule has 0 aliphatic rings. The monoisotopic (exact) mass is 272 g/mol. The Morgan fingerprint density at radius 2 is 2.08 bits per heavy atom. The van der Waals surface area contributed by atoms with Crippen molar-refractivity contribution >= 4 is 55.0 Å². The minimum atomic E-state index is 1.13. The first-order valence-corrected chi connectivity index (χ1v) is 5.81. The molecule has 1 aromatic heterocycles. The summed E-state index contributed by atoms with van der Waals surface area (Å²) in [7, 11) is 0. The highest BCUT2D eigenvalue weighted by atomic mass is 79.9. The molecule has 0 saturated heterocycles. The molecule has 0 bridgehead atoms. The quantitative estimate of drug-likeness (QED) is 0.695. The molecule has 1 heterocycles. The van der Waals surface area contributed by atoms with Crippen LogP contribution in [-0.4, -0.2) is 0 Å². The van der Waals surface area contributed by atoms with E-state index in [0.29, 0.717) is 0 Å². The van der Waals surface area contributed by atoms with Gasteiger partial charge in [-0.3, -0.25) is 0 Å². The zero-order chi connectivity index (χ0) is 9.26. The summed E-state index contributed by atoms with van der Waals surface area (Å²) in [6, 6.07) is 8.28. The lowest BCUT2D eigenvalue weighted by Gasteiger charge is -1.87. The lowest BCUT2D eigenvalue weighted by atomic mass is 10.2. The van der Waals surface area contributed by atoms with Crippen molar-refractivity contribution in [1.29, 1.82) is 0 Å². The average Bonchev–Trinajstić information content (AvgIpc) is 2.46. The Bertz CT molecular complexity index is 459. The zero-order valence-electron chi connectivity index (χ0n) is 6.63. The van der Waals surface area contributed by atoms with E-state index in [-0.39, 0.29) is 0 Å². The van der Waals surface area contributed by atoms with E-state index >= 15 is 0 Å². The standard InChI is InChI=1S/C10H6BrClS/c11-10-7-3-1-2-4-8(7)13-9(10)5-6-12/h1-6H/b6-5+. The van der Waals surface area contributed by atoms with Gasteiger partial charge in [-0.15, -0.1) is 11.3 Å². The summed E-state index contributed by atoms with van der Waals surface area (Å²) in [5, 5.41) is 1.25. The number of benzene rings is 1. The molecular formula is C10H6BrClS. The number of halogens is 2. The number of fused-ring (bicyclic) bond motifs is 1. The van der Waals surface area contributed by atoms with Crippen LogP contribution >= 0.6 is 38.9 Å². The van der Waals surface area contributed by atoms with Gasteiger partial charge in [-0.1, -0.05) is 29.8 Å². The van der Waals surface area contributed by atoms with Crippen LogP contribution in [-0.2, 0) is 0 Å². The average molecular weight is 274 g/mol. The second-order valence-electron chi connectivity index (χ2n) is 2.57. The predicted molar refractivity (Wildman–Crippen MR) is 64.4 cm³/mol. The van der Waals surface area contributed by atoms with Crippen LogP contribution in [0, 0.1) is 0 Å². The van der Waals surface area contributed by atoms with Crippen molar-refractivity contribution in [3.8, 4) is 0 Å². The van der Waals surface area contributed by atoms with Crippen LogP contribution in [0.4, 0.5) is 0 Å². The third kappa shape index (κ3) is 1.66. The van der Waals surface area contributed by atoms with Gasteiger partial charge >= 0.3 is 0 Å². The smallest absolute Gasteiger partial charge is 0.0434 e. The molecule has 0 amide bonds. The normalized spacial score (nSPS) is 11.5. The molecule has 2 rings (SSSR count). The first-order valence-electron chi connectivity index (χ1n) is 3.76. The molecule has 2 aromatic rings. The second kappa shape index (κ2) is 3.82. The lowest BCUT2D eigenvalue weighted by molar-refractivity contribution is 1.82. The van der Waals surface area contributed by atoms with Crippen molar-refractivity contribution in [3.63, 3.8) is 0 Å². The Hall–Kier alpha value is -0.310. The summed E-state index contributed by atoms with van der Waals surface area (Å²) < 4.78 is 2.41. The van der Waals surface area contributed by atoms with Crippen molar-refractivity contribution in [3.05, 3.63) is 39.2 Å². The van der Waals surface area contributed by atoms with Gasteiger partial charge in [0.25, 0.3) is 0 Å².